The van der Waals surface area contributed by atoms with Gasteiger partial charge < -0.3 is 16.0 Å². The van der Waals surface area contributed by atoms with E-state index in [-0.39, 0.29) is 23.2 Å². The summed E-state index contributed by atoms with van der Waals surface area (Å²) in [5.41, 5.74) is 1.01. The van der Waals surface area contributed by atoms with Crippen LogP contribution in [-0.4, -0.2) is 27.3 Å². The van der Waals surface area contributed by atoms with E-state index in [1.807, 2.05) is 6.92 Å². The largest absolute Gasteiger partial charge is 0.364 e. The molecule has 0 aliphatic heterocycles. The molecule has 23 heavy (non-hydrogen) atoms. The van der Waals surface area contributed by atoms with Gasteiger partial charge in [0.15, 0.2) is 0 Å². The molecular weight excluding hydrogens is 300 g/mol. The second kappa shape index (κ2) is 7.16. The molecule has 120 valence electrons. The topological polar surface area (TPSA) is 122 Å². The van der Waals surface area contributed by atoms with Crippen LogP contribution in [0.1, 0.15) is 13.8 Å². The Bertz CT molecular complexity index is 717. The summed E-state index contributed by atoms with van der Waals surface area (Å²) in [5, 5.41) is 19.6. The fourth-order valence-electron chi connectivity index (χ4n) is 1.92. The highest BCUT2D eigenvalue weighted by Gasteiger charge is 2.22. The predicted molar refractivity (Wildman–Crippen MR) is 86.9 cm³/mol. The summed E-state index contributed by atoms with van der Waals surface area (Å²) < 4.78 is 0. The number of nitro groups is 1. The smallest absolute Gasteiger partial charge is 0.353 e. The lowest BCUT2D eigenvalue weighted by atomic mass is 10.2. The van der Waals surface area contributed by atoms with Crippen LogP contribution in [0.3, 0.4) is 0 Å². The van der Waals surface area contributed by atoms with E-state index in [9.17, 15) is 14.9 Å². The van der Waals surface area contributed by atoms with E-state index in [2.05, 4.69) is 25.9 Å². The minimum Gasteiger partial charge on any atom is -0.364 e. The molecule has 0 fully saturated rings. The van der Waals surface area contributed by atoms with Gasteiger partial charge in [0.2, 0.25) is 17.5 Å². The first-order valence-corrected chi connectivity index (χ1v) is 6.89. The van der Waals surface area contributed by atoms with Crippen LogP contribution in [0.2, 0.25) is 0 Å². The van der Waals surface area contributed by atoms with Gasteiger partial charge in [-0.2, -0.15) is 0 Å². The highest BCUT2D eigenvalue weighted by atomic mass is 16.6. The number of carbonyl (C=O) groups excluding carboxylic acids is 1. The molecule has 2 rings (SSSR count). The number of amides is 1. The Labute approximate surface area is 132 Å². The van der Waals surface area contributed by atoms with Gasteiger partial charge in [0.05, 0.1) is 4.92 Å². The van der Waals surface area contributed by atoms with Crippen molar-refractivity contribution in [2.75, 3.05) is 22.5 Å². The monoisotopic (exact) mass is 316 g/mol. The van der Waals surface area contributed by atoms with Gasteiger partial charge in [-0.25, -0.2) is 9.97 Å². The zero-order valence-corrected chi connectivity index (χ0v) is 12.7. The summed E-state index contributed by atoms with van der Waals surface area (Å²) in [6.45, 7) is 3.74. The predicted octanol–water partition coefficient (Wildman–Crippen LogP) is 2.52. The highest BCUT2D eigenvalue weighted by molar-refractivity contribution is 5.89. The number of rotatable bonds is 6. The molecule has 0 bridgehead atoms. The normalized spacial score (nSPS) is 10.0. The lowest BCUT2D eigenvalue weighted by Gasteiger charge is -2.09. The minimum absolute atomic E-state index is 0.0910. The molecule has 1 amide bonds. The van der Waals surface area contributed by atoms with Gasteiger partial charge in [-0.1, -0.05) is 0 Å². The van der Waals surface area contributed by atoms with Gasteiger partial charge >= 0.3 is 5.69 Å². The Morgan fingerprint density at radius 2 is 1.78 bits per heavy atom. The Hall–Kier alpha value is -3.23. The van der Waals surface area contributed by atoms with Crippen molar-refractivity contribution < 1.29 is 9.72 Å². The molecule has 9 nitrogen and oxygen atoms in total. The van der Waals surface area contributed by atoms with E-state index in [0.29, 0.717) is 17.9 Å². The van der Waals surface area contributed by atoms with Crippen LogP contribution in [0.15, 0.2) is 30.6 Å². The molecule has 3 N–H and O–H groups in total. The van der Waals surface area contributed by atoms with Crippen molar-refractivity contribution in [3.05, 3.63) is 40.7 Å². The molecular formula is C14H16N6O3. The number of carbonyl (C=O) groups is 1. The Morgan fingerprint density at radius 3 is 2.35 bits per heavy atom. The first kappa shape index (κ1) is 16.1. The Morgan fingerprint density at radius 1 is 1.17 bits per heavy atom. The molecule has 0 radical (unpaired) electrons. The molecule has 0 aliphatic rings. The third-order valence-electron chi connectivity index (χ3n) is 2.82. The number of hydrogen-bond donors (Lipinski definition) is 3. The van der Waals surface area contributed by atoms with Crippen molar-refractivity contribution in [2.45, 2.75) is 13.8 Å². The molecule has 9 heteroatoms. The van der Waals surface area contributed by atoms with Crippen molar-refractivity contribution in [1.82, 2.24) is 9.97 Å². The van der Waals surface area contributed by atoms with E-state index in [1.165, 1.54) is 13.3 Å². The maximum absolute atomic E-state index is 11.3. The molecule has 1 aromatic heterocycles. The van der Waals surface area contributed by atoms with Crippen LogP contribution < -0.4 is 16.0 Å². The Balaban J connectivity index is 2.27. The average Bonchev–Trinajstić information content (AvgIpc) is 2.49. The maximum atomic E-state index is 11.3. The van der Waals surface area contributed by atoms with Gasteiger partial charge in [0.25, 0.3) is 0 Å². The first-order chi connectivity index (χ1) is 11.0. The van der Waals surface area contributed by atoms with Crippen molar-refractivity contribution in [2.24, 2.45) is 0 Å². The second-order valence-electron chi connectivity index (χ2n) is 4.59. The summed E-state index contributed by atoms with van der Waals surface area (Å²) >= 11 is 0. The molecule has 0 aliphatic carbocycles. The van der Waals surface area contributed by atoms with Gasteiger partial charge in [-0.05, 0) is 31.2 Å². The number of nitrogens with zero attached hydrogens (tertiary/aromatic N) is 3. The van der Waals surface area contributed by atoms with Gasteiger partial charge in [-0.15, -0.1) is 0 Å². The van der Waals surface area contributed by atoms with Gasteiger partial charge in [0.1, 0.15) is 6.33 Å². The van der Waals surface area contributed by atoms with Crippen LogP contribution in [0.4, 0.5) is 28.7 Å². The summed E-state index contributed by atoms with van der Waals surface area (Å²) in [6, 6.07) is 6.73. The first-order valence-electron chi connectivity index (χ1n) is 6.89. The molecule has 0 atom stereocenters. The van der Waals surface area contributed by atoms with Crippen molar-refractivity contribution in [3.63, 3.8) is 0 Å². The van der Waals surface area contributed by atoms with E-state index < -0.39 is 4.92 Å². The Kier molecular flexibility index (Phi) is 5.03. The summed E-state index contributed by atoms with van der Waals surface area (Å²) in [4.78, 5) is 29.6. The summed E-state index contributed by atoms with van der Waals surface area (Å²) in [6.07, 6.45) is 1.25. The number of aromatic nitrogens is 2. The van der Waals surface area contributed by atoms with Crippen molar-refractivity contribution >= 4 is 34.6 Å². The quantitative estimate of drug-likeness (QED) is 0.552. The van der Waals surface area contributed by atoms with Gasteiger partial charge in [0, 0.05) is 24.8 Å². The molecule has 0 unspecified atom stereocenters. The number of hydrogen-bond acceptors (Lipinski definition) is 7. The zero-order chi connectivity index (χ0) is 16.8. The van der Waals surface area contributed by atoms with Crippen LogP contribution in [0, 0.1) is 10.1 Å². The molecule has 0 spiro atoms. The van der Waals surface area contributed by atoms with Crippen molar-refractivity contribution in [1.29, 1.82) is 0 Å². The fourth-order valence-corrected chi connectivity index (χ4v) is 1.92. The number of nitrogens with one attached hydrogen (secondary N) is 3. The van der Waals surface area contributed by atoms with Gasteiger partial charge in [-0.3, -0.25) is 14.9 Å². The molecule has 1 aromatic carbocycles. The average molecular weight is 316 g/mol. The third kappa shape index (κ3) is 4.13. The number of anilines is 4. The minimum atomic E-state index is -0.536. The summed E-state index contributed by atoms with van der Waals surface area (Å²) in [7, 11) is 0. The van der Waals surface area contributed by atoms with Crippen LogP contribution in [-0.2, 0) is 4.79 Å². The van der Waals surface area contributed by atoms with Crippen molar-refractivity contribution in [3.8, 4) is 0 Å². The molecule has 2 aromatic rings. The van der Waals surface area contributed by atoms with Crippen LogP contribution in [0.25, 0.3) is 0 Å². The van der Waals surface area contributed by atoms with Crippen LogP contribution >= 0.6 is 0 Å². The third-order valence-corrected chi connectivity index (χ3v) is 2.82. The van der Waals surface area contributed by atoms with E-state index >= 15 is 0 Å². The standard InChI is InChI=1S/C14H16N6O3/c1-3-15-13-12(20(22)23)14(17-8-16-13)19-11-6-4-10(5-7-11)18-9(2)21/h4-8H,3H2,1-2H3,(H,18,21)(H2,15,16,17,19). The highest BCUT2D eigenvalue weighted by Crippen LogP contribution is 2.31. The lowest BCUT2D eigenvalue weighted by molar-refractivity contribution is -0.383. The SMILES string of the molecule is CCNc1ncnc(Nc2ccc(NC(C)=O)cc2)c1[N+](=O)[O-]. The number of benzene rings is 1. The zero-order valence-electron chi connectivity index (χ0n) is 12.7. The lowest BCUT2D eigenvalue weighted by Crippen LogP contribution is -2.08. The molecule has 0 saturated carbocycles. The van der Waals surface area contributed by atoms with E-state index in [4.69, 9.17) is 0 Å². The maximum Gasteiger partial charge on any atom is 0.353 e. The van der Waals surface area contributed by atoms with E-state index in [0.717, 1.165) is 0 Å². The fraction of sp³-hybridized carbons (Fsp3) is 0.214. The van der Waals surface area contributed by atoms with E-state index in [1.54, 1.807) is 24.3 Å². The van der Waals surface area contributed by atoms with Crippen LogP contribution in [0.5, 0.6) is 0 Å². The molecule has 0 saturated heterocycles. The second-order valence-corrected chi connectivity index (χ2v) is 4.59. The molecule has 1 heterocycles. The summed E-state index contributed by atoms with van der Waals surface area (Å²) in [5.74, 6) is 0.0746.